The highest BCUT2D eigenvalue weighted by atomic mass is 19.4. The standard InChI is InChI=1S/C14H21F3N2O3/c1-12(2,3)22-11(21)19-8-13(4,14(15,16)17)10(20)9(19)7-18(5)6/h7H,8H2,1-6H3. The molecule has 0 saturated carbocycles. The van der Waals surface area contributed by atoms with Crippen LogP contribution in [0, 0.1) is 5.41 Å². The number of ketones is 1. The number of Topliss-reactive ketones (excluding diaryl/α,β-unsaturated/α-hetero) is 1. The van der Waals surface area contributed by atoms with E-state index in [-0.39, 0.29) is 5.70 Å². The van der Waals surface area contributed by atoms with E-state index in [2.05, 4.69) is 0 Å². The van der Waals surface area contributed by atoms with Crippen LogP contribution in [0.4, 0.5) is 18.0 Å². The second-order valence-corrected chi connectivity index (χ2v) is 6.70. The third-order valence-electron chi connectivity index (χ3n) is 3.12. The number of alkyl halides is 3. The summed E-state index contributed by atoms with van der Waals surface area (Å²) in [7, 11) is 3.10. The molecule has 1 atom stereocenters. The molecule has 0 bridgehead atoms. The van der Waals surface area contributed by atoms with Crippen LogP contribution < -0.4 is 0 Å². The van der Waals surface area contributed by atoms with Crippen LogP contribution in [0.2, 0.25) is 0 Å². The van der Waals surface area contributed by atoms with Crippen LogP contribution in [0.1, 0.15) is 27.7 Å². The average molecular weight is 322 g/mol. The van der Waals surface area contributed by atoms with E-state index in [4.69, 9.17) is 4.74 Å². The first-order valence-electron chi connectivity index (χ1n) is 6.69. The lowest BCUT2D eigenvalue weighted by Crippen LogP contribution is -2.43. The second-order valence-electron chi connectivity index (χ2n) is 6.70. The minimum absolute atomic E-state index is 0.320. The van der Waals surface area contributed by atoms with Gasteiger partial charge in [0.05, 0.1) is 6.54 Å². The van der Waals surface area contributed by atoms with Crippen LogP contribution in [0.3, 0.4) is 0 Å². The van der Waals surface area contributed by atoms with Crippen molar-refractivity contribution in [2.75, 3.05) is 20.6 Å². The molecule has 8 heteroatoms. The Kier molecular flexibility index (Phi) is 4.56. The largest absolute Gasteiger partial charge is 0.443 e. The van der Waals surface area contributed by atoms with Gasteiger partial charge in [0.25, 0.3) is 0 Å². The molecule has 5 nitrogen and oxygen atoms in total. The second kappa shape index (κ2) is 5.48. The highest BCUT2D eigenvalue weighted by Gasteiger charge is 2.63. The van der Waals surface area contributed by atoms with Crippen LogP contribution in [0.15, 0.2) is 11.9 Å². The lowest BCUT2D eigenvalue weighted by Gasteiger charge is -2.27. The van der Waals surface area contributed by atoms with E-state index in [0.29, 0.717) is 0 Å². The maximum absolute atomic E-state index is 13.2. The molecule has 0 aromatic rings. The zero-order valence-corrected chi connectivity index (χ0v) is 13.5. The minimum atomic E-state index is -4.76. The highest BCUT2D eigenvalue weighted by molar-refractivity contribution is 6.05. The summed E-state index contributed by atoms with van der Waals surface area (Å²) >= 11 is 0. The summed E-state index contributed by atoms with van der Waals surface area (Å²) in [4.78, 5) is 26.5. The molecule has 0 aliphatic carbocycles. The first-order valence-corrected chi connectivity index (χ1v) is 6.69. The summed E-state index contributed by atoms with van der Waals surface area (Å²) < 4.78 is 44.8. The lowest BCUT2D eigenvalue weighted by atomic mass is 9.87. The number of hydrogen-bond acceptors (Lipinski definition) is 4. The number of ether oxygens (including phenoxy) is 1. The number of amides is 1. The van der Waals surface area contributed by atoms with Gasteiger partial charge in [0.1, 0.15) is 16.7 Å². The van der Waals surface area contributed by atoms with Gasteiger partial charge in [-0.3, -0.25) is 9.69 Å². The third kappa shape index (κ3) is 3.53. The van der Waals surface area contributed by atoms with Crippen LogP contribution in [-0.4, -0.2) is 54.1 Å². The Bertz CT molecular complexity index is 506. The molecule has 1 unspecified atom stereocenters. The number of likely N-dealkylation sites (tertiary alicyclic amines) is 1. The Morgan fingerprint density at radius 1 is 1.32 bits per heavy atom. The van der Waals surface area contributed by atoms with Crippen LogP contribution in [0.5, 0.6) is 0 Å². The van der Waals surface area contributed by atoms with E-state index < -0.39 is 35.6 Å². The zero-order valence-electron chi connectivity index (χ0n) is 13.5. The Labute approximate surface area is 127 Å². The SMILES string of the molecule is CN(C)C=C1C(=O)C(C)(C(F)(F)F)CN1C(=O)OC(C)(C)C. The van der Waals surface area contributed by atoms with Crippen LogP contribution in [-0.2, 0) is 9.53 Å². The number of halogens is 3. The average Bonchev–Trinajstić information content (AvgIpc) is 2.51. The van der Waals surface area contributed by atoms with Gasteiger partial charge in [-0.15, -0.1) is 0 Å². The van der Waals surface area contributed by atoms with Crippen molar-refractivity contribution >= 4 is 11.9 Å². The molecule has 126 valence electrons. The topological polar surface area (TPSA) is 49.9 Å². The summed E-state index contributed by atoms with van der Waals surface area (Å²) in [6.07, 6.45) is -4.53. The van der Waals surface area contributed by atoms with Crippen LogP contribution in [0.25, 0.3) is 0 Å². The Hall–Kier alpha value is -1.73. The van der Waals surface area contributed by atoms with Crippen LogP contribution >= 0.6 is 0 Å². The molecule has 0 aromatic carbocycles. The van der Waals surface area contributed by atoms with Gasteiger partial charge < -0.3 is 9.64 Å². The number of allylic oxidation sites excluding steroid dienone is 1. The van der Waals surface area contributed by atoms with Gasteiger partial charge in [-0.05, 0) is 27.7 Å². The first-order chi connectivity index (χ1) is 9.69. The van der Waals surface area contributed by atoms with Crippen molar-refractivity contribution in [3.8, 4) is 0 Å². The molecular formula is C14H21F3N2O3. The number of carbonyl (C=O) groups is 2. The van der Waals surface area contributed by atoms with Gasteiger partial charge in [-0.2, -0.15) is 13.2 Å². The maximum Gasteiger partial charge on any atom is 0.415 e. The van der Waals surface area contributed by atoms with E-state index in [9.17, 15) is 22.8 Å². The molecule has 1 fully saturated rings. The molecule has 1 amide bonds. The van der Waals surface area contributed by atoms with E-state index in [0.717, 1.165) is 11.8 Å². The molecule has 0 N–H and O–H groups in total. The molecule has 0 aromatic heterocycles. The molecule has 1 aliphatic heterocycles. The molecule has 1 saturated heterocycles. The summed E-state index contributed by atoms with van der Waals surface area (Å²) in [5.74, 6) is -1.14. The van der Waals surface area contributed by atoms with Crippen molar-refractivity contribution in [1.29, 1.82) is 0 Å². The van der Waals surface area contributed by atoms with Gasteiger partial charge in [0, 0.05) is 20.3 Å². The monoisotopic (exact) mass is 322 g/mol. The normalized spacial score (nSPS) is 24.9. The fourth-order valence-corrected chi connectivity index (χ4v) is 1.95. The summed E-state index contributed by atoms with van der Waals surface area (Å²) in [5.41, 5.74) is -3.83. The summed E-state index contributed by atoms with van der Waals surface area (Å²) in [6.45, 7) is 4.80. The predicted molar refractivity (Wildman–Crippen MR) is 73.9 cm³/mol. The van der Waals surface area contributed by atoms with Crippen molar-refractivity contribution in [2.45, 2.75) is 39.5 Å². The number of nitrogens with zero attached hydrogens (tertiary/aromatic N) is 2. The summed E-state index contributed by atoms with van der Waals surface area (Å²) in [6, 6.07) is 0. The third-order valence-corrected chi connectivity index (χ3v) is 3.12. The molecule has 1 rings (SSSR count). The van der Waals surface area contributed by atoms with Crippen molar-refractivity contribution in [3.05, 3.63) is 11.9 Å². The smallest absolute Gasteiger partial charge is 0.415 e. The number of rotatable bonds is 1. The van der Waals surface area contributed by atoms with Crippen molar-refractivity contribution in [2.24, 2.45) is 5.41 Å². The number of hydrogen-bond donors (Lipinski definition) is 0. The fourth-order valence-electron chi connectivity index (χ4n) is 1.95. The van der Waals surface area contributed by atoms with Crippen molar-refractivity contribution < 1.29 is 27.5 Å². The van der Waals surface area contributed by atoms with Crippen molar-refractivity contribution in [3.63, 3.8) is 0 Å². The highest BCUT2D eigenvalue weighted by Crippen LogP contribution is 2.46. The molecule has 0 spiro atoms. The maximum atomic E-state index is 13.2. The Morgan fingerprint density at radius 2 is 1.82 bits per heavy atom. The molecule has 0 radical (unpaired) electrons. The van der Waals surface area contributed by atoms with Gasteiger partial charge in [-0.1, -0.05) is 0 Å². The van der Waals surface area contributed by atoms with Crippen molar-refractivity contribution in [1.82, 2.24) is 9.80 Å². The van der Waals surface area contributed by atoms with Gasteiger partial charge in [0.2, 0.25) is 0 Å². The van der Waals surface area contributed by atoms with E-state index in [1.54, 1.807) is 34.9 Å². The fraction of sp³-hybridized carbons (Fsp3) is 0.714. The number of carbonyl (C=O) groups excluding carboxylic acids is 2. The van der Waals surface area contributed by atoms with E-state index in [1.165, 1.54) is 11.1 Å². The molecule has 1 aliphatic rings. The molecule has 1 heterocycles. The van der Waals surface area contributed by atoms with E-state index >= 15 is 0 Å². The predicted octanol–water partition coefficient (Wildman–Crippen LogP) is 2.78. The lowest BCUT2D eigenvalue weighted by molar-refractivity contribution is -0.209. The molecule has 22 heavy (non-hydrogen) atoms. The Morgan fingerprint density at radius 3 is 2.18 bits per heavy atom. The minimum Gasteiger partial charge on any atom is -0.443 e. The van der Waals surface area contributed by atoms with Gasteiger partial charge >= 0.3 is 12.3 Å². The quantitative estimate of drug-likeness (QED) is 0.697. The van der Waals surface area contributed by atoms with Gasteiger partial charge in [0.15, 0.2) is 5.78 Å². The zero-order chi connectivity index (χ0) is 17.5. The Balaban J connectivity index is 3.26. The first kappa shape index (κ1) is 18.3. The molecular weight excluding hydrogens is 301 g/mol. The summed E-state index contributed by atoms with van der Waals surface area (Å²) in [5, 5.41) is 0. The van der Waals surface area contributed by atoms with Gasteiger partial charge in [-0.25, -0.2) is 4.79 Å². The van der Waals surface area contributed by atoms with E-state index in [1.807, 2.05) is 0 Å².